The van der Waals surface area contributed by atoms with E-state index in [1.54, 1.807) is 19.3 Å². The molecule has 2 aliphatic rings. The lowest BCUT2D eigenvalue weighted by molar-refractivity contribution is -0.124. The van der Waals surface area contributed by atoms with Crippen LogP contribution in [-0.4, -0.2) is 30.0 Å². The number of nitrogens with one attached hydrogen (secondary N) is 1. The number of halogens is 1. The first kappa shape index (κ1) is 23.4. The summed E-state index contributed by atoms with van der Waals surface area (Å²) in [5.74, 6) is 0.842. The van der Waals surface area contributed by atoms with Crippen LogP contribution in [0.4, 0.5) is 4.79 Å². The first-order valence-corrected chi connectivity index (χ1v) is 12.7. The Hall–Kier alpha value is -3.32. The number of hydrogen-bond donors (Lipinski definition) is 1. The van der Waals surface area contributed by atoms with Gasteiger partial charge in [-0.05, 0) is 68.9 Å². The predicted molar refractivity (Wildman–Crippen MR) is 139 cm³/mol. The monoisotopic (exact) mass is 534 g/mol. The topological polar surface area (TPSA) is 67.9 Å². The van der Waals surface area contributed by atoms with Crippen LogP contribution in [0.2, 0.25) is 0 Å². The fourth-order valence-electron chi connectivity index (χ4n) is 4.92. The van der Waals surface area contributed by atoms with Crippen LogP contribution < -0.4 is 14.8 Å². The molecule has 0 atom stereocenters. The van der Waals surface area contributed by atoms with Crippen LogP contribution in [0.1, 0.15) is 43.2 Å². The molecule has 1 N–H and O–H groups in total. The molecule has 1 saturated heterocycles. The molecule has 0 aromatic heterocycles. The van der Waals surface area contributed by atoms with E-state index < -0.39 is 0 Å². The Morgan fingerprint density at radius 3 is 2.63 bits per heavy atom. The van der Waals surface area contributed by atoms with Crippen molar-refractivity contribution < 1.29 is 19.1 Å². The third-order valence-electron chi connectivity index (χ3n) is 6.66. The quantitative estimate of drug-likeness (QED) is 0.293. The molecule has 180 valence electrons. The van der Waals surface area contributed by atoms with Gasteiger partial charge in [-0.25, -0.2) is 4.79 Å². The highest BCUT2D eigenvalue weighted by atomic mass is 79.9. The Kier molecular flexibility index (Phi) is 6.77. The lowest BCUT2D eigenvalue weighted by atomic mass is 9.94. The van der Waals surface area contributed by atoms with Crippen molar-refractivity contribution in [2.24, 2.45) is 0 Å². The van der Waals surface area contributed by atoms with Gasteiger partial charge in [0.1, 0.15) is 12.3 Å². The average Bonchev–Trinajstić information content (AvgIpc) is 3.15. The van der Waals surface area contributed by atoms with Gasteiger partial charge in [-0.1, -0.05) is 61.7 Å². The highest BCUT2D eigenvalue weighted by molar-refractivity contribution is 9.10. The predicted octanol–water partition coefficient (Wildman–Crippen LogP) is 6.42. The molecular formula is C28H27BrN2O4. The Morgan fingerprint density at radius 1 is 1.06 bits per heavy atom. The second-order valence-electron chi connectivity index (χ2n) is 8.92. The molecule has 5 rings (SSSR count). The van der Waals surface area contributed by atoms with Gasteiger partial charge in [-0.2, -0.15) is 0 Å². The molecular weight excluding hydrogens is 508 g/mol. The Morgan fingerprint density at radius 2 is 1.83 bits per heavy atom. The number of imide groups is 1. The van der Waals surface area contributed by atoms with Crippen molar-refractivity contribution in [3.63, 3.8) is 0 Å². The van der Waals surface area contributed by atoms with E-state index in [0.29, 0.717) is 22.6 Å². The Bertz CT molecular complexity index is 1310. The van der Waals surface area contributed by atoms with Gasteiger partial charge in [-0.15, -0.1) is 0 Å². The van der Waals surface area contributed by atoms with Gasteiger partial charge < -0.3 is 14.8 Å². The number of urea groups is 1. The summed E-state index contributed by atoms with van der Waals surface area (Å²) in [4.78, 5) is 26.9. The van der Waals surface area contributed by atoms with E-state index in [1.165, 1.54) is 4.90 Å². The van der Waals surface area contributed by atoms with Gasteiger partial charge >= 0.3 is 6.03 Å². The number of fused-ring (bicyclic) bond motifs is 1. The summed E-state index contributed by atoms with van der Waals surface area (Å²) in [5, 5.41) is 5.05. The molecule has 0 radical (unpaired) electrons. The zero-order valence-electron chi connectivity index (χ0n) is 19.6. The van der Waals surface area contributed by atoms with E-state index in [9.17, 15) is 9.59 Å². The number of hydrogen-bond acceptors (Lipinski definition) is 4. The fraction of sp³-hybridized carbons (Fsp3) is 0.286. The first-order chi connectivity index (χ1) is 17.0. The summed E-state index contributed by atoms with van der Waals surface area (Å²) in [6.45, 7) is 0.377. The maximum Gasteiger partial charge on any atom is 0.329 e. The molecule has 3 aromatic carbocycles. The molecule has 0 unspecified atom stereocenters. The number of carbonyl (C=O) groups is 2. The molecule has 0 spiro atoms. The second kappa shape index (κ2) is 10.1. The van der Waals surface area contributed by atoms with Crippen molar-refractivity contribution in [1.29, 1.82) is 0 Å². The number of nitrogens with zero attached hydrogens (tertiary/aromatic N) is 1. The van der Waals surface area contributed by atoms with Crippen molar-refractivity contribution in [1.82, 2.24) is 10.2 Å². The van der Waals surface area contributed by atoms with E-state index >= 15 is 0 Å². The molecule has 7 heteroatoms. The van der Waals surface area contributed by atoms with Gasteiger partial charge in [0.05, 0.1) is 11.6 Å². The van der Waals surface area contributed by atoms with Crippen LogP contribution in [0.15, 0.2) is 64.8 Å². The van der Waals surface area contributed by atoms with Gasteiger partial charge in [0.25, 0.3) is 5.91 Å². The zero-order valence-corrected chi connectivity index (χ0v) is 21.1. The molecule has 35 heavy (non-hydrogen) atoms. The molecule has 6 nitrogen and oxygen atoms in total. The lowest BCUT2D eigenvalue weighted by Crippen LogP contribution is -2.41. The minimum atomic E-state index is -0.339. The van der Waals surface area contributed by atoms with Crippen molar-refractivity contribution in [3.05, 3.63) is 75.9 Å². The minimum Gasteiger partial charge on any atom is -0.493 e. The second-order valence-corrected chi connectivity index (χ2v) is 9.77. The van der Waals surface area contributed by atoms with Crippen LogP contribution >= 0.6 is 15.9 Å². The van der Waals surface area contributed by atoms with Crippen molar-refractivity contribution in [3.8, 4) is 11.5 Å². The molecule has 1 aliphatic heterocycles. The zero-order chi connectivity index (χ0) is 24.4. The molecule has 3 amide bonds. The standard InChI is InChI=1S/C28H27BrN2O4/c1-34-25-16-18(15-24-27(32)31(28(33)30-24)21-11-3-2-4-12-21)14-23(29)26(25)35-17-20-10-7-9-19-8-5-6-13-22(19)20/h5-10,13-16,21H,2-4,11-12,17H2,1H3,(H,30,33)/b24-15-. The van der Waals surface area contributed by atoms with E-state index in [4.69, 9.17) is 9.47 Å². The summed E-state index contributed by atoms with van der Waals surface area (Å²) in [5.41, 5.74) is 2.07. The third-order valence-corrected chi connectivity index (χ3v) is 7.25. The Labute approximate surface area is 213 Å². The fourth-order valence-corrected chi connectivity index (χ4v) is 5.49. The number of benzene rings is 3. The molecule has 1 saturated carbocycles. The Balaban J connectivity index is 1.37. The van der Waals surface area contributed by atoms with Crippen LogP contribution in [0.25, 0.3) is 16.8 Å². The van der Waals surface area contributed by atoms with Gasteiger partial charge in [0.2, 0.25) is 0 Å². The van der Waals surface area contributed by atoms with Crippen LogP contribution in [0.5, 0.6) is 11.5 Å². The summed E-state index contributed by atoms with van der Waals surface area (Å²) in [6, 6.07) is 17.7. The average molecular weight is 535 g/mol. The summed E-state index contributed by atoms with van der Waals surface area (Å²) >= 11 is 3.60. The van der Waals surface area contributed by atoms with Gasteiger partial charge in [-0.3, -0.25) is 9.69 Å². The van der Waals surface area contributed by atoms with Crippen LogP contribution in [0.3, 0.4) is 0 Å². The molecule has 2 fully saturated rings. The molecule has 1 heterocycles. The SMILES string of the molecule is COc1cc(/C=C2\NC(=O)N(C3CCCCC3)C2=O)cc(Br)c1OCc1cccc2ccccc12. The smallest absolute Gasteiger partial charge is 0.329 e. The van der Waals surface area contributed by atoms with Crippen molar-refractivity contribution in [2.45, 2.75) is 44.8 Å². The maximum atomic E-state index is 13.0. The highest BCUT2D eigenvalue weighted by Gasteiger charge is 2.39. The third kappa shape index (κ3) is 4.78. The maximum absolute atomic E-state index is 13.0. The molecule has 1 aliphatic carbocycles. The van der Waals surface area contributed by atoms with E-state index in [0.717, 1.165) is 54.0 Å². The van der Waals surface area contributed by atoms with Crippen LogP contribution in [0, 0.1) is 0 Å². The number of ether oxygens (including phenoxy) is 2. The van der Waals surface area contributed by atoms with Crippen LogP contribution in [-0.2, 0) is 11.4 Å². The van der Waals surface area contributed by atoms with Gasteiger partial charge in [0, 0.05) is 6.04 Å². The van der Waals surface area contributed by atoms with Gasteiger partial charge in [0.15, 0.2) is 11.5 Å². The van der Waals surface area contributed by atoms with Crippen molar-refractivity contribution in [2.75, 3.05) is 7.11 Å². The minimum absolute atomic E-state index is 0.0201. The lowest BCUT2D eigenvalue weighted by Gasteiger charge is -2.28. The summed E-state index contributed by atoms with van der Waals surface area (Å²) in [6.07, 6.45) is 6.68. The number of methoxy groups -OCH3 is 1. The largest absolute Gasteiger partial charge is 0.493 e. The molecule has 0 bridgehead atoms. The number of amides is 3. The number of rotatable bonds is 6. The first-order valence-electron chi connectivity index (χ1n) is 11.9. The van der Waals surface area contributed by atoms with E-state index in [1.807, 2.05) is 30.3 Å². The summed E-state index contributed by atoms with van der Waals surface area (Å²) in [7, 11) is 1.58. The normalized spacial score (nSPS) is 17.8. The molecule has 3 aromatic rings. The van der Waals surface area contributed by atoms with E-state index in [-0.39, 0.29) is 23.7 Å². The summed E-state index contributed by atoms with van der Waals surface area (Å²) < 4.78 is 12.5. The van der Waals surface area contributed by atoms with E-state index in [2.05, 4.69) is 39.4 Å². The van der Waals surface area contributed by atoms with Crippen molar-refractivity contribution >= 4 is 44.7 Å². The highest BCUT2D eigenvalue weighted by Crippen LogP contribution is 2.38. The number of carbonyl (C=O) groups excluding carboxylic acids is 2.